The Kier molecular flexibility index (Phi) is 5.87. The average Bonchev–Trinajstić information content (AvgIpc) is 3.08. The Bertz CT molecular complexity index is 681. The predicted molar refractivity (Wildman–Crippen MR) is 93.1 cm³/mol. The molecule has 8 heteroatoms. The van der Waals surface area contributed by atoms with Gasteiger partial charge >= 0.3 is 0 Å². The predicted octanol–water partition coefficient (Wildman–Crippen LogP) is 0.833. The van der Waals surface area contributed by atoms with Crippen LogP contribution in [0, 0.1) is 0 Å². The van der Waals surface area contributed by atoms with Crippen molar-refractivity contribution in [3.8, 4) is 5.75 Å². The summed E-state index contributed by atoms with van der Waals surface area (Å²) in [5, 5.41) is 23.4. The van der Waals surface area contributed by atoms with Gasteiger partial charge in [-0.25, -0.2) is 0 Å². The lowest BCUT2D eigenvalue weighted by atomic mass is 10.1. The Hall–Kier alpha value is -2.00. The van der Waals surface area contributed by atoms with Gasteiger partial charge in [0, 0.05) is 6.54 Å². The third-order valence-electron chi connectivity index (χ3n) is 4.86. The Morgan fingerprint density at radius 2 is 1.96 bits per heavy atom. The Morgan fingerprint density at radius 3 is 2.65 bits per heavy atom. The molecule has 2 atom stereocenters. The van der Waals surface area contributed by atoms with E-state index in [4.69, 9.17) is 4.74 Å². The zero-order valence-corrected chi connectivity index (χ0v) is 14.9. The molecule has 2 unspecified atom stereocenters. The summed E-state index contributed by atoms with van der Waals surface area (Å²) < 4.78 is 5.69. The summed E-state index contributed by atoms with van der Waals surface area (Å²) in [5.41, 5.74) is 0.589. The molecule has 0 aliphatic carbocycles. The molecule has 3 N–H and O–H groups in total. The van der Waals surface area contributed by atoms with Gasteiger partial charge in [0.1, 0.15) is 12.0 Å². The molecular weight excluding hydrogens is 338 g/mol. The number of carbonyl (C=O) groups excluding carboxylic acids is 2. The van der Waals surface area contributed by atoms with Crippen molar-refractivity contribution in [2.75, 3.05) is 26.7 Å². The lowest BCUT2D eigenvalue weighted by Gasteiger charge is -2.25. The first-order valence-electron chi connectivity index (χ1n) is 8.97. The van der Waals surface area contributed by atoms with Crippen molar-refractivity contribution >= 4 is 11.8 Å². The van der Waals surface area contributed by atoms with Gasteiger partial charge in [0.2, 0.25) is 0 Å². The lowest BCUT2D eigenvalue weighted by molar-refractivity contribution is -0.179. The molecule has 2 aliphatic heterocycles. The van der Waals surface area contributed by atoms with Crippen molar-refractivity contribution in [2.45, 2.75) is 38.0 Å². The highest BCUT2D eigenvalue weighted by atomic mass is 16.5. The minimum absolute atomic E-state index is 0.209. The number of carbonyl (C=O) groups is 2. The van der Waals surface area contributed by atoms with Crippen LogP contribution in [0.5, 0.6) is 5.75 Å². The average molecular weight is 363 g/mol. The van der Waals surface area contributed by atoms with Crippen LogP contribution in [0.15, 0.2) is 18.2 Å². The van der Waals surface area contributed by atoms with Crippen molar-refractivity contribution in [3.63, 3.8) is 0 Å². The van der Waals surface area contributed by atoms with E-state index in [1.54, 1.807) is 18.2 Å². The number of hydrogen-bond acceptors (Lipinski definition) is 7. The summed E-state index contributed by atoms with van der Waals surface area (Å²) in [4.78, 5) is 26.3. The molecule has 2 heterocycles. The van der Waals surface area contributed by atoms with E-state index in [-0.39, 0.29) is 12.1 Å². The maximum absolute atomic E-state index is 12.7. The summed E-state index contributed by atoms with van der Waals surface area (Å²) in [7, 11) is 1.92. The molecular formula is C18H25N3O5. The number of aliphatic hydroxyl groups is 1. The van der Waals surface area contributed by atoms with Crippen LogP contribution in [0.1, 0.15) is 46.4 Å². The number of unbranched alkanes of at least 4 members (excludes halogenated alkanes) is 2. The fourth-order valence-electron chi connectivity index (χ4n) is 3.41. The third-order valence-corrected chi connectivity index (χ3v) is 4.86. The minimum Gasteiger partial charge on any atom is -0.494 e. The summed E-state index contributed by atoms with van der Waals surface area (Å²) in [6.07, 6.45) is 2.12. The second-order valence-corrected chi connectivity index (χ2v) is 6.63. The van der Waals surface area contributed by atoms with E-state index in [0.29, 0.717) is 24.3 Å². The highest BCUT2D eigenvalue weighted by molar-refractivity contribution is 6.21. The summed E-state index contributed by atoms with van der Waals surface area (Å²) in [6.45, 7) is 1.74. The second-order valence-electron chi connectivity index (χ2n) is 6.63. The maximum atomic E-state index is 12.7. The van der Waals surface area contributed by atoms with Crippen LogP contribution >= 0.6 is 0 Å². The Balaban J connectivity index is 1.64. The van der Waals surface area contributed by atoms with Crippen molar-refractivity contribution in [2.24, 2.45) is 0 Å². The molecule has 0 saturated carbocycles. The standard InChI is InChI=1S/C18H25N3O5/c1-19-8-3-2-4-10-26-12-5-6-13-14(11-12)17(23)21(16(13)22)15-7-9-20(25)18(15)24/h5-6,11,15,18-19,24-25H,2-4,7-10H2,1H3. The Morgan fingerprint density at radius 1 is 1.19 bits per heavy atom. The normalized spacial score (nSPS) is 23.0. The molecule has 0 bridgehead atoms. The van der Waals surface area contributed by atoms with Crippen LogP contribution in [0.4, 0.5) is 0 Å². The van der Waals surface area contributed by atoms with E-state index in [1.807, 2.05) is 7.05 Å². The van der Waals surface area contributed by atoms with Crippen LogP contribution in [-0.2, 0) is 0 Å². The number of aliphatic hydroxyl groups excluding tert-OH is 1. The number of nitrogens with one attached hydrogen (secondary N) is 1. The number of amides is 2. The molecule has 1 aromatic rings. The van der Waals surface area contributed by atoms with Gasteiger partial charge < -0.3 is 20.4 Å². The van der Waals surface area contributed by atoms with Crippen LogP contribution in [0.25, 0.3) is 0 Å². The number of fused-ring (bicyclic) bond motifs is 1. The highest BCUT2D eigenvalue weighted by Crippen LogP contribution is 2.32. The topological polar surface area (TPSA) is 102 Å². The first-order chi connectivity index (χ1) is 12.5. The molecule has 2 aliphatic rings. The first-order valence-corrected chi connectivity index (χ1v) is 8.97. The Labute approximate surface area is 152 Å². The number of nitrogens with zero attached hydrogens (tertiary/aromatic N) is 2. The van der Waals surface area contributed by atoms with Gasteiger partial charge in [-0.15, -0.1) is 0 Å². The van der Waals surface area contributed by atoms with Gasteiger partial charge in [-0.3, -0.25) is 14.5 Å². The monoisotopic (exact) mass is 363 g/mol. The van der Waals surface area contributed by atoms with Gasteiger partial charge in [-0.2, -0.15) is 5.06 Å². The molecule has 0 radical (unpaired) electrons. The molecule has 0 spiro atoms. The van der Waals surface area contributed by atoms with Gasteiger partial charge in [-0.1, -0.05) is 0 Å². The van der Waals surface area contributed by atoms with Crippen LogP contribution in [0.3, 0.4) is 0 Å². The van der Waals surface area contributed by atoms with Gasteiger partial charge in [0.05, 0.1) is 23.8 Å². The zero-order chi connectivity index (χ0) is 18.7. The molecule has 8 nitrogen and oxygen atoms in total. The van der Waals surface area contributed by atoms with E-state index >= 15 is 0 Å². The van der Waals surface area contributed by atoms with Gasteiger partial charge in [0.25, 0.3) is 11.8 Å². The minimum atomic E-state index is -1.26. The summed E-state index contributed by atoms with van der Waals surface area (Å²) in [5.74, 6) is -0.345. The number of ether oxygens (including phenoxy) is 1. The van der Waals surface area contributed by atoms with Crippen LogP contribution in [-0.4, -0.2) is 71.1 Å². The molecule has 142 valence electrons. The molecule has 3 rings (SSSR count). The van der Waals surface area contributed by atoms with E-state index < -0.39 is 24.1 Å². The van der Waals surface area contributed by atoms with Crippen molar-refractivity contribution in [3.05, 3.63) is 29.3 Å². The SMILES string of the molecule is CNCCCCCOc1ccc2c(c1)C(=O)N(C1CCN(O)C1O)C2=O. The van der Waals surface area contributed by atoms with E-state index in [1.165, 1.54) is 0 Å². The van der Waals surface area contributed by atoms with Crippen molar-refractivity contribution in [1.29, 1.82) is 0 Å². The molecule has 1 saturated heterocycles. The fraction of sp³-hybridized carbons (Fsp3) is 0.556. The number of rotatable bonds is 8. The van der Waals surface area contributed by atoms with Crippen LogP contribution < -0.4 is 10.1 Å². The number of hydroxylamine groups is 2. The molecule has 1 aromatic carbocycles. The zero-order valence-electron chi connectivity index (χ0n) is 14.9. The molecule has 2 amide bonds. The number of hydrogen-bond donors (Lipinski definition) is 3. The van der Waals surface area contributed by atoms with E-state index in [9.17, 15) is 19.9 Å². The smallest absolute Gasteiger partial charge is 0.262 e. The number of imide groups is 1. The molecule has 1 fully saturated rings. The first kappa shape index (κ1) is 18.8. The van der Waals surface area contributed by atoms with E-state index in [0.717, 1.165) is 35.8 Å². The highest BCUT2D eigenvalue weighted by Gasteiger charge is 2.46. The number of benzene rings is 1. The van der Waals surface area contributed by atoms with Gasteiger partial charge in [0.15, 0.2) is 0 Å². The molecule has 26 heavy (non-hydrogen) atoms. The lowest BCUT2D eigenvalue weighted by Crippen LogP contribution is -2.47. The summed E-state index contributed by atoms with van der Waals surface area (Å²) in [6, 6.07) is 4.11. The molecule has 0 aromatic heterocycles. The maximum Gasteiger partial charge on any atom is 0.262 e. The third kappa shape index (κ3) is 3.59. The van der Waals surface area contributed by atoms with Crippen molar-refractivity contribution < 1.29 is 24.6 Å². The second kappa shape index (κ2) is 8.13. The van der Waals surface area contributed by atoms with Gasteiger partial charge in [-0.05, 0) is 57.5 Å². The van der Waals surface area contributed by atoms with Crippen LogP contribution in [0.2, 0.25) is 0 Å². The van der Waals surface area contributed by atoms with E-state index in [2.05, 4.69) is 5.32 Å². The fourth-order valence-corrected chi connectivity index (χ4v) is 3.41. The summed E-state index contributed by atoms with van der Waals surface area (Å²) >= 11 is 0. The largest absolute Gasteiger partial charge is 0.494 e. The quantitative estimate of drug-likeness (QED) is 0.464. The van der Waals surface area contributed by atoms with Crippen molar-refractivity contribution in [1.82, 2.24) is 15.3 Å².